The van der Waals surface area contributed by atoms with Crippen LogP contribution in [0.5, 0.6) is 5.75 Å². The molecule has 0 amide bonds. The van der Waals surface area contributed by atoms with Crippen molar-refractivity contribution in [2.75, 3.05) is 5.73 Å². The van der Waals surface area contributed by atoms with E-state index in [1.165, 1.54) is 6.07 Å². The summed E-state index contributed by atoms with van der Waals surface area (Å²) in [6.45, 7) is 0. The van der Waals surface area contributed by atoms with Crippen molar-refractivity contribution < 1.29 is 9.63 Å². The molecule has 6 nitrogen and oxygen atoms in total. The Morgan fingerprint density at radius 3 is 2.90 bits per heavy atom. The first kappa shape index (κ1) is 12.2. The molecule has 0 aliphatic heterocycles. The molecule has 6 heteroatoms. The first-order valence-electron chi connectivity index (χ1n) is 6.03. The molecule has 0 radical (unpaired) electrons. The van der Waals surface area contributed by atoms with Gasteiger partial charge in [-0.25, -0.2) is 0 Å². The summed E-state index contributed by atoms with van der Waals surface area (Å²) in [5.74, 6) is 0.812. The Labute approximate surface area is 114 Å². The molecule has 2 heterocycles. The molecule has 1 aromatic carbocycles. The standard InChI is InChI=1S/C14H12N4O2/c15-10-3-4-11(12(19)7-10)14-17-13(18-20-14)6-9-2-1-5-16-8-9/h1-5,7-8,19H,6,15H2. The Balaban J connectivity index is 1.87. The minimum atomic E-state index is 0.0153. The molecule has 2 aromatic heterocycles. The Morgan fingerprint density at radius 2 is 2.15 bits per heavy atom. The van der Waals surface area contributed by atoms with E-state index in [1.54, 1.807) is 24.5 Å². The predicted octanol–water partition coefficient (Wildman–Crippen LogP) is 2.01. The molecule has 3 rings (SSSR count). The van der Waals surface area contributed by atoms with Gasteiger partial charge in [-0.1, -0.05) is 11.2 Å². The lowest BCUT2D eigenvalue weighted by Gasteiger charge is -1.99. The first-order chi connectivity index (χ1) is 9.72. The number of pyridine rings is 1. The Bertz CT molecular complexity index is 725. The fraction of sp³-hybridized carbons (Fsp3) is 0.0714. The third-order valence-electron chi connectivity index (χ3n) is 2.81. The van der Waals surface area contributed by atoms with Gasteiger partial charge in [0.15, 0.2) is 5.82 Å². The Morgan fingerprint density at radius 1 is 1.25 bits per heavy atom. The number of phenols is 1. The van der Waals surface area contributed by atoms with Crippen LogP contribution >= 0.6 is 0 Å². The summed E-state index contributed by atoms with van der Waals surface area (Å²) in [7, 11) is 0. The quantitative estimate of drug-likeness (QED) is 0.705. The molecule has 0 aliphatic rings. The molecule has 0 fully saturated rings. The number of anilines is 1. The van der Waals surface area contributed by atoms with E-state index < -0.39 is 0 Å². The van der Waals surface area contributed by atoms with Gasteiger partial charge in [-0.2, -0.15) is 4.98 Å². The molecule has 3 aromatic rings. The van der Waals surface area contributed by atoms with Gasteiger partial charge >= 0.3 is 0 Å². The number of phenolic OH excluding ortho intramolecular Hbond substituents is 1. The van der Waals surface area contributed by atoms with Crippen molar-refractivity contribution >= 4 is 5.69 Å². The molecule has 20 heavy (non-hydrogen) atoms. The summed E-state index contributed by atoms with van der Waals surface area (Å²) >= 11 is 0. The van der Waals surface area contributed by atoms with Gasteiger partial charge in [-0.05, 0) is 23.8 Å². The SMILES string of the molecule is Nc1ccc(-c2nc(Cc3cccnc3)no2)c(O)c1. The van der Waals surface area contributed by atoms with E-state index in [-0.39, 0.29) is 11.6 Å². The van der Waals surface area contributed by atoms with Crippen LogP contribution in [0.4, 0.5) is 5.69 Å². The Hall–Kier alpha value is -2.89. The number of benzene rings is 1. The highest BCUT2D eigenvalue weighted by molar-refractivity contribution is 5.66. The van der Waals surface area contributed by atoms with Gasteiger partial charge in [0, 0.05) is 30.6 Å². The largest absolute Gasteiger partial charge is 0.507 e. The lowest BCUT2D eigenvalue weighted by Crippen LogP contribution is -1.91. The molecule has 3 N–H and O–H groups in total. The van der Waals surface area contributed by atoms with Crippen molar-refractivity contribution in [1.29, 1.82) is 0 Å². The zero-order valence-corrected chi connectivity index (χ0v) is 10.5. The molecule has 0 aliphatic carbocycles. The molecule has 100 valence electrons. The third kappa shape index (κ3) is 2.44. The lowest BCUT2D eigenvalue weighted by atomic mass is 10.2. The molecular weight excluding hydrogens is 256 g/mol. The van der Waals surface area contributed by atoms with Crippen molar-refractivity contribution in [3.05, 3.63) is 54.1 Å². The fourth-order valence-corrected chi connectivity index (χ4v) is 1.85. The fourth-order valence-electron chi connectivity index (χ4n) is 1.85. The van der Waals surface area contributed by atoms with Crippen LogP contribution in [0, 0.1) is 0 Å². The number of hydrogen-bond donors (Lipinski definition) is 2. The lowest BCUT2D eigenvalue weighted by molar-refractivity contribution is 0.418. The maximum Gasteiger partial charge on any atom is 0.261 e. The van der Waals surface area contributed by atoms with Gasteiger partial charge in [0.25, 0.3) is 5.89 Å². The second-order valence-corrected chi connectivity index (χ2v) is 4.33. The monoisotopic (exact) mass is 268 g/mol. The topological polar surface area (TPSA) is 98.1 Å². The van der Waals surface area contributed by atoms with E-state index >= 15 is 0 Å². The third-order valence-corrected chi connectivity index (χ3v) is 2.81. The molecule has 0 bridgehead atoms. The first-order valence-corrected chi connectivity index (χ1v) is 6.03. The number of nitrogens with zero attached hydrogens (tertiary/aromatic N) is 3. The van der Waals surface area contributed by atoms with Crippen LogP contribution in [0.25, 0.3) is 11.5 Å². The van der Waals surface area contributed by atoms with Gasteiger partial charge in [0.2, 0.25) is 0 Å². The predicted molar refractivity (Wildman–Crippen MR) is 72.9 cm³/mol. The number of aromatic hydroxyl groups is 1. The number of rotatable bonds is 3. The average molecular weight is 268 g/mol. The number of nitrogens with two attached hydrogens (primary N) is 1. The summed E-state index contributed by atoms with van der Waals surface area (Å²) in [6, 6.07) is 8.54. The maximum absolute atomic E-state index is 9.83. The van der Waals surface area contributed by atoms with Gasteiger partial charge in [0.05, 0.1) is 5.56 Å². The second kappa shape index (κ2) is 5.00. The zero-order chi connectivity index (χ0) is 13.9. The van der Waals surface area contributed by atoms with Crippen molar-refractivity contribution in [2.45, 2.75) is 6.42 Å². The van der Waals surface area contributed by atoms with E-state index in [4.69, 9.17) is 10.3 Å². The van der Waals surface area contributed by atoms with Crippen molar-refractivity contribution in [3.8, 4) is 17.2 Å². The van der Waals surface area contributed by atoms with E-state index in [0.29, 0.717) is 23.5 Å². The number of nitrogen functional groups attached to an aromatic ring is 1. The van der Waals surface area contributed by atoms with Gasteiger partial charge in [-0.3, -0.25) is 4.98 Å². The van der Waals surface area contributed by atoms with E-state index in [2.05, 4.69) is 15.1 Å². The van der Waals surface area contributed by atoms with E-state index in [0.717, 1.165) is 5.56 Å². The van der Waals surface area contributed by atoms with Crippen LogP contribution in [0.2, 0.25) is 0 Å². The van der Waals surface area contributed by atoms with Crippen LogP contribution in [0.15, 0.2) is 47.2 Å². The van der Waals surface area contributed by atoms with Gasteiger partial charge < -0.3 is 15.4 Å². The molecule has 0 atom stereocenters. The van der Waals surface area contributed by atoms with Crippen LogP contribution in [-0.2, 0) is 6.42 Å². The summed E-state index contributed by atoms with van der Waals surface area (Å²) in [5.41, 5.74) is 7.50. The van der Waals surface area contributed by atoms with Crippen LogP contribution in [0.3, 0.4) is 0 Å². The molecule has 0 unspecified atom stereocenters. The van der Waals surface area contributed by atoms with Crippen LogP contribution in [0.1, 0.15) is 11.4 Å². The van der Waals surface area contributed by atoms with Crippen molar-refractivity contribution in [1.82, 2.24) is 15.1 Å². The summed E-state index contributed by atoms with van der Waals surface area (Å²) < 4.78 is 5.16. The second-order valence-electron chi connectivity index (χ2n) is 4.33. The smallest absolute Gasteiger partial charge is 0.261 e. The van der Waals surface area contributed by atoms with Crippen LogP contribution < -0.4 is 5.73 Å². The molecular formula is C14H12N4O2. The highest BCUT2D eigenvalue weighted by atomic mass is 16.5. The summed E-state index contributed by atoms with van der Waals surface area (Å²) in [6.07, 6.45) is 3.97. The van der Waals surface area contributed by atoms with Crippen molar-refractivity contribution in [3.63, 3.8) is 0 Å². The normalized spacial score (nSPS) is 10.6. The summed E-state index contributed by atoms with van der Waals surface area (Å²) in [5, 5.41) is 13.7. The van der Waals surface area contributed by atoms with Gasteiger partial charge in [0.1, 0.15) is 5.75 Å². The van der Waals surface area contributed by atoms with E-state index in [9.17, 15) is 5.11 Å². The van der Waals surface area contributed by atoms with Crippen molar-refractivity contribution in [2.24, 2.45) is 0 Å². The van der Waals surface area contributed by atoms with Gasteiger partial charge in [-0.15, -0.1) is 0 Å². The Kier molecular flexibility index (Phi) is 3.04. The van der Waals surface area contributed by atoms with E-state index in [1.807, 2.05) is 12.1 Å². The minimum Gasteiger partial charge on any atom is -0.507 e. The minimum absolute atomic E-state index is 0.0153. The molecule has 0 saturated carbocycles. The highest BCUT2D eigenvalue weighted by Gasteiger charge is 2.13. The summed E-state index contributed by atoms with van der Waals surface area (Å²) in [4.78, 5) is 8.29. The maximum atomic E-state index is 9.83. The highest BCUT2D eigenvalue weighted by Crippen LogP contribution is 2.29. The molecule has 0 spiro atoms. The average Bonchev–Trinajstić information content (AvgIpc) is 2.88. The molecule has 0 saturated heterocycles. The van der Waals surface area contributed by atoms with Crippen LogP contribution in [-0.4, -0.2) is 20.2 Å². The zero-order valence-electron chi connectivity index (χ0n) is 10.5. The number of hydrogen-bond acceptors (Lipinski definition) is 6. The number of aromatic nitrogens is 3.